The van der Waals surface area contributed by atoms with E-state index in [2.05, 4.69) is 38.1 Å². The molecule has 1 aromatic carbocycles. The lowest BCUT2D eigenvalue weighted by atomic mass is 10.2. The first-order valence-electron chi connectivity index (χ1n) is 4.18. The van der Waals surface area contributed by atoms with Crippen molar-refractivity contribution in [1.29, 1.82) is 16.1 Å². The van der Waals surface area contributed by atoms with Crippen LogP contribution in [0.25, 0.3) is 0 Å². The molecule has 0 radical (unpaired) electrons. The zero-order valence-electron chi connectivity index (χ0n) is 9.52. The van der Waals surface area contributed by atoms with Gasteiger partial charge in [-0.2, -0.15) is 5.26 Å². The average Bonchev–Trinajstić information content (AvgIpc) is 2.26. The Morgan fingerprint density at radius 2 is 1.12 bits per heavy atom. The smallest absolute Gasteiger partial charge is 0.283 e. The maximum atomic E-state index is 8.35. The van der Waals surface area contributed by atoms with Gasteiger partial charge in [0.2, 0.25) is 12.2 Å². The number of hydrogen-bond acceptors (Lipinski definition) is 6. The van der Waals surface area contributed by atoms with Crippen molar-refractivity contribution < 1.29 is 14.7 Å². The number of isocyanates is 2. The molecule has 90 valence electrons. The van der Waals surface area contributed by atoms with Crippen LogP contribution in [-0.2, 0) is 9.59 Å². The second-order valence-corrected chi connectivity index (χ2v) is 2.46. The molecule has 17 heavy (non-hydrogen) atoms. The van der Waals surface area contributed by atoms with Crippen molar-refractivity contribution >= 4 is 12.2 Å². The Hall–Kier alpha value is -2.73. The van der Waals surface area contributed by atoms with Gasteiger partial charge >= 0.3 is 0 Å². The van der Waals surface area contributed by atoms with Crippen LogP contribution in [-0.4, -0.2) is 17.3 Å². The van der Waals surface area contributed by atoms with E-state index in [9.17, 15) is 0 Å². The third-order valence-corrected chi connectivity index (χ3v) is 1.22. The van der Waals surface area contributed by atoms with E-state index in [-0.39, 0.29) is 0 Å². The Kier molecular flexibility index (Phi) is 22.0. The topological polar surface area (TPSA) is 126 Å². The normalized spacial score (nSPS) is 5.71. The minimum absolute atomic E-state index is 0.750. The summed E-state index contributed by atoms with van der Waals surface area (Å²) in [4.78, 5) is 16.7. The number of hydrogen-bond donors (Lipinski definition) is 3. The van der Waals surface area contributed by atoms with E-state index in [0.29, 0.717) is 0 Å². The Morgan fingerprint density at radius 3 is 1.24 bits per heavy atom. The van der Waals surface area contributed by atoms with Gasteiger partial charge in [-0.25, -0.2) is 20.4 Å². The van der Waals surface area contributed by atoms with Crippen LogP contribution in [0.1, 0.15) is 11.1 Å². The molecule has 0 fully saturated rings. The Labute approximate surface area is 99.2 Å². The SMILES string of the molecule is Cc1ccc(C)cc1.N#CO.N=C=O.N=C=O. The lowest BCUT2D eigenvalue weighted by Gasteiger charge is -1.90. The molecule has 0 spiro atoms. The van der Waals surface area contributed by atoms with Gasteiger partial charge in [-0.05, 0) is 13.8 Å². The molecule has 0 aliphatic heterocycles. The summed E-state index contributed by atoms with van der Waals surface area (Å²) in [5, 5.41) is 24.6. The van der Waals surface area contributed by atoms with E-state index in [1.807, 2.05) is 0 Å². The maximum Gasteiger partial charge on any atom is 0.283 e. The molecule has 0 bridgehead atoms. The standard InChI is InChI=1S/C8H10.3CHNO/c1-7-3-5-8(2)6-4-7;3*2-1-3/h3-6H,1-2H3;3H;2*2H. The van der Waals surface area contributed by atoms with Gasteiger partial charge in [-0.1, -0.05) is 35.4 Å². The van der Waals surface area contributed by atoms with Crippen molar-refractivity contribution in [3.05, 3.63) is 35.4 Å². The maximum absolute atomic E-state index is 8.35. The van der Waals surface area contributed by atoms with Crippen LogP contribution in [0.2, 0.25) is 0 Å². The number of nitriles is 1. The second kappa shape index (κ2) is 18.9. The van der Waals surface area contributed by atoms with Crippen LogP contribution in [0.15, 0.2) is 24.3 Å². The number of carbonyl (C=O) groups excluding carboxylic acids is 2. The lowest BCUT2D eigenvalue weighted by Crippen LogP contribution is -1.70. The monoisotopic (exact) mass is 235 g/mol. The van der Waals surface area contributed by atoms with E-state index in [1.54, 1.807) is 0 Å². The molecule has 0 heterocycles. The van der Waals surface area contributed by atoms with E-state index in [1.165, 1.54) is 11.1 Å². The highest BCUT2D eigenvalue weighted by Gasteiger charge is 1.79. The number of benzene rings is 1. The first-order valence-corrected chi connectivity index (χ1v) is 4.18. The molecule has 0 saturated carbocycles. The summed E-state index contributed by atoms with van der Waals surface area (Å²) in [5.41, 5.74) is 2.66. The number of aliphatic hydroxyl groups excluding tert-OH is 1. The molecule has 6 nitrogen and oxygen atoms in total. The van der Waals surface area contributed by atoms with Crippen molar-refractivity contribution in [2.75, 3.05) is 0 Å². The highest BCUT2D eigenvalue weighted by atomic mass is 16.2. The van der Waals surface area contributed by atoms with Crippen LogP contribution in [0.4, 0.5) is 0 Å². The summed E-state index contributed by atoms with van der Waals surface area (Å²) in [5.74, 6) is 0. The largest absolute Gasteiger partial charge is 0.443 e. The van der Waals surface area contributed by atoms with E-state index in [0.717, 1.165) is 18.4 Å². The van der Waals surface area contributed by atoms with Crippen molar-refractivity contribution in [2.24, 2.45) is 0 Å². The molecule has 0 atom stereocenters. The quantitative estimate of drug-likeness (QED) is 0.361. The Morgan fingerprint density at radius 1 is 1.00 bits per heavy atom. The first-order chi connectivity index (χ1) is 8.03. The molecule has 1 rings (SSSR count). The van der Waals surface area contributed by atoms with Gasteiger partial charge in [-0.3, -0.25) is 0 Å². The fraction of sp³-hybridized carbons (Fsp3) is 0.182. The third kappa shape index (κ3) is 31.9. The number of nitrogens with one attached hydrogen (secondary N) is 2. The van der Waals surface area contributed by atoms with Gasteiger partial charge in [-0.15, -0.1) is 0 Å². The van der Waals surface area contributed by atoms with Crippen LogP contribution in [0.3, 0.4) is 0 Å². The van der Waals surface area contributed by atoms with Crippen molar-refractivity contribution in [1.82, 2.24) is 0 Å². The summed E-state index contributed by atoms with van der Waals surface area (Å²) in [7, 11) is 0. The van der Waals surface area contributed by atoms with Gasteiger partial charge in [0.15, 0.2) is 0 Å². The second-order valence-electron chi connectivity index (χ2n) is 2.46. The summed E-state index contributed by atoms with van der Waals surface area (Å²) in [6, 6.07) is 8.48. The summed E-state index contributed by atoms with van der Waals surface area (Å²) >= 11 is 0. The van der Waals surface area contributed by atoms with E-state index < -0.39 is 0 Å². The fourth-order valence-electron chi connectivity index (χ4n) is 0.637. The van der Waals surface area contributed by atoms with Crippen molar-refractivity contribution in [2.45, 2.75) is 13.8 Å². The average molecular weight is 235 g/mol. The minimum Gasteiger partial charge on any atom is -0.443 e. The van der Waals surface area contributed by atoms with Crippen LogP contribution < -0.4 is 0 Å². The van der Waals surface area contributed by atoms with Gasteiger partial charge in [0.05, 0.1) is 0 Å². The van der Waals surface area contributed by atoms with Gasteiger partial charge in [0.25, 0.3) is 6.26 Å². The summed E-state index contributed by atoms with van der Waals surface area (Å²) in [6.45, 7) is 4.19. The predicted octanol–water partition coefficient (Wildman–Crippen LogP) is 1.95. The molecule has 0 aliphatic rings. The molecule has 0 aliphatic carbocycles. The minimum atomic E-state index is 0.750. The highest BCUT2D eigenvalue weighted by molar-refractivity contribution is 5.26. The molecule has 1 aromatic rings. The Balaban J connectivity index is -0.000000184. The number of aryl methyl sites for hydroxylation is 2. The van der Waals surface area contributed by atoms with Gasteiger partial charge in [0, 0.05) is 0 Å². The first kappa shape index (κ1) is 19.8. The van der Waals surface area contributed by atoms with Crippen LogP contribution in [0.5, 0.6) is 0 Å². The zero-order valence-corrected chi connectivity index (χ0v) is 9.52. The molecular formula is C11H13N3O3. The molecule has 6 heteroatoms. The molecule has 0 amide bonds. The number of aliphatic hydroxyl groups is 1. The highest BCUT2D eigenvalue weighted by Crippen LogP contribution is 1.99. The predicted molar refractivity (Wildman–Crippen MR) is 60.3 cm³/mol. The van der Waals surface area contributed by atoms with Crippen molar-refractivity contribution in [3.63, 3.8) is 0 Å². The Bertz CT molecular complexity index is 348. The summed E-state index contributed by atoms with van der Waals surface area (Å²) < 4.78 is 0. The molecule has 0 aromatic heterocycles. The van der Waals surface area contributed by atoms with Crippen LogP contribution >= 0.6 is 0 Å². The van der Waals surface area contributed by atoms with Crippen LogP contribution in [0, 0.1) is 36.2 Å². The lowest BCUT2D eigenvalue weighted by molar-refractivity contribution is 0.503. The molecule has 0 saturated heterocycles. The molecule has 0 unspecified atom stereocenters. The molecule has 3 N–H and O–H groups in total. The van der Waals surface area contributed by atoms with E-state index >= 15 is 0 Å². The molecular weight excluding hydrogens is 222 g/mol. The van der Waals surface area contributed by atoms with Gasteiger partial charge in [0.1, 0.15) is 0 Å². The fourth-order valence-corrected chi connectivity index (χ4v) is 0.637. The van der Waals surface area contributed by atoms with E-state index in [4.69, 9.17) is 30.8 Å². The third-order valence-electron chi connectivity index (χ3n) is 1.22. The zero-order chi connectivity index (χ0) is 14.1. The number of rotatable bonds is 0. The van der Waals surface area contributed by atoms with Crippen molar-refractivity contribution in [3.8, 4) is 6.26 Å². The van der Waals surface area contributed by atoms with Gasteiger partial charge < -0.3 is 5.11 Å². The number of nitrogens with zero attached hydrogens (tertiary/aromatic N) is 1. The summed E-state index contributed by atoms with van der Waals surface area (Å²) in [6.07, 6.45) is 2.25.